The van der Waals surface area contributed by atoms with Crippen molar-refractivity contribution < 1.29 is 13.6 Å². The summed E-state index contributed by atoms with van der Waals surface area (Å²) in [6.45, 7) is 7.97. The lowest BCUT2D eigenvalue weighted by molar-refractivity contribution is -0.125. The Bertz CT molecular complexity index is 977. The lowest BCUT2D eigenvalue weighted by Crippen LogP contribution is -2.44. The van der Waals surface area contributed by atoms with Crippen molar-refractivity contribution in [3.8, 4) is 0 Å². The zero-order valence-electron chi connectivity index (χ0n) is 16.6. The molecule has 0 aromatic carbocycles. The van der Waals surface area contributed by atoms with Crippen LogP contribution in [0.5, 0.6) is 0 Å². The maximum absolute atomic E-state index is 12.7. The van der Waals surface area contributed by atoms with Gasteiger partial charge in [0.2, 0.25) is 11.6 Å². The summed E-state index contributed by atoms with van der Waals surface area (Å²) >= 11 is 0. The molecule has 4 heterocycles. The summed E-state index contributed by atoms with van der Waals surface area (Å²) in [6.07, 6.45) is 4.20. The van der Waals surface area contributed by atoms with Crippen molar-refractivity contribution in [1.29, 1.82) is 0 Å². The second kappa shape index (κ2) is 7.66. The molecule has 0 aliphatic carbocycles. The first kappa shape index (κ1) is 18.5. The van der Waals surface area contributed by atoms with Crippen LogP contribution in [0, 0.1) is 26.7 Å². The summed E-state index contributed by atoms with van der Waals surface area (Å²) in [5, 5.41) is 4.01. The molecule has 1 unspecified atom stereocenters. The molecule has 1 atom stereocenters. The number of carbonyl (C=O) groups is 1. The van der Waals surface area contributed by atoms with E-state index in [9.17, 15) is 4.79 Å². The minimum Gasteiger partial charge on any atom is -0.469 e. The Hall–Kier alpha value is -2.83. The normalized spacial score (nSPS) is 17.2. The number of anilines is 1. The number of carbonyl (C=O) groups excluding carboxylic acids is 1. The largest absolute Gasteiger partial charge is 0.469 e. The predicted octanol–water partition coefficient (Wildman–Crippen LogP) is 3.32. The molecule has 0 bridgehead atoms. The monoisotopic (exact) mass is 382 g/mol. The van der Waals surface area contributed by atoms with Crippen LogP contribution in [-0.4, -0.2) is 35.5 Å². The topological polar surface area (TPSA) is 84.4 Å². The second-order valence-corrected chi connectivity index (χ2v) is 7.46. The van der Waals surface area contributed by atoms with Crippen molar-refractivity contribution in [2.24, 2.45) is 5.92 Å². The number of hydrogen-bond donors (Lipinski definition) is 1. The van der Waals surface area contributed by atoms with Gasteiger partial charge < -0.3 is 19.1 Å². The molecule has 0 saturated carbocycles. The quantitative estimate of drug-likeness (QED) is 0.729. The first-order valence-corrected chi connectivity index (χ1v) is 9.82. The van der Waals surface area contributed by atoms with Crippen LogP contribution in [0.25, 0.3) is 11.1 Å². The zero-order chi connectivity index (χ0) is 19.7. The first-order chi connectivity index (χ1) is 13.5. The van der Waals surface area contributed by atoms with Crippen LogP contribution >= 0.6 is 0 Å². The number of hydrogen-bond acceptors (Lipinski definition) is 6. The van der Waals surface area contributed by atoms with Gasteiger partial charge in [-0.3, -0.25) is 4.79 Å². The number of rotatable bonds is 5. The molecule has 0 radical (unpaired) electrons. The lowest BCUT2D eigenvalue weighted by atomic mass is 9.96. The first-order valence-electron chi connectivity index (χ1n) is 9.82. The maximum atomic E-state index is 12.7. The maximum Gasteiger partial charge on any atom is 0.231 e. The van der Waals surface area contributed by atoms with E-state index in [2.05, 4.69) is 15.2 Å². The van der Waals surface area contributed by atoms with Crippen molar-refractivity contribution in [1.82, 2.24) is 15.3 Å². The number of aromatic nitrogens is 2. The van der Waals surface area contributed by atoms with Crippen molar-refractivity contribution in [3.05, 3.63) is 41.3 Å². The second-order valence-electron chi connectivity index (χ2n) is 7.46. The van der Waals surface area contributed by atoms with E-state index in [-0.39, 0.29) is 11.8 Å². The Balaban J connectivity index is 1.48. The highest BCUT2D eigenvalue weighted by atomic mass is 16.3. The molecule has 0 spiro atoms. The molecule has 148 valence electrons. The van der Waals surface area contributed by atoms with Crippen molar-refractivity contribution >= 4 is 22.8 Å². The van der Waals surface area contributed by atoms with Crippen LogP contribution in [-0.2, 0) is 11.2 Å². The van der Waals surface area contributed by atoms with Gasteiger partial charge in [-0.05, 0) is 45.7 Å². The molecule has 1 aliphatic rings. The SMILES string of the molecule is Cc1nc(N2CCCC(C(=O)NCCc3ccco3)C2)c2c(C)c(C)oc2n1. The molecular formula is C21H26N4O3. The van der Waals surface area contributed by atoms with E-state index in [1.54, 1.807) is 6.26 Å². The van der Waals surface area contributed by atoms with E-state index in [1.165, 1.54) is 0 Å². The molecule has 4 rings (SSSR count). The Labute approximate surface area is 164 Å². The van der Waals surface area contributed by atoms with Gasteiger partial charge in [-0.25, -0.2) is 4.98 Å². The Morgan fingerprint density at radius 3 is 2.96 bits per heavy atom. The van der Waals surface area contributed by atoms with Gasteiger partial charge in [0.25, 0.3) is 0 Å². The Morgan fingerprint density at radius 2 is 2.18 bits per heavy atom. The molecular weight excluding hydrogens is 356 g/mol. The van der Waals surface area contributed by atoms with Gasteiger partial charge >= 0.3 is 0 Å². The minimum absolute atomic E-state index is 0.0519. The van der Waals surface area contributed by atoms with E-state index in [1.807, 2.05) is 32.9 Å². The summed E-state index contributed by atoms with van der Waals surface area (Å²) in [5.41, 5.74) is 1.69. The van der Waals surface area contributed by atoms with E-state index in [4.69, 9.17) is 13.8 Å². The summed E-state index contributed by atoms with van der Waals surface area (Å²) in [6, 6.07) is 3.78. The summed E-state index contributed by atoms with van der Waals surface area (Å²) in [4.78, 5) is 24.0. The van der Waals surface area contributed by atoms with Crippen LogP contribution in [0.3, 0.4) is 0 Å². The molecule has 3 aromatic rings. The zero-order valence-corrected chi connectivity index (χ0v) is 16.6. The molecule has 28 heavy (non-hydrogen) atoms. The number of nitrogens with one attached hydrogen (secondary N) is 1. The minimum atomic E-state index is -0.0519. The third-order valence-electron chi connectivity index (χ3n) is 5.46. The lowest BCUT2D eigenvalue weighted by Gasteiger charge is -2.33. The van der Waals surface area contributed by atoms with Gasteiger partial charge in [0.05, 0.1) is 17.6 Å². The number of piperidine rings is 1. The summed E-state index contributed by atoms with van der Waals surface area (Å²) < 4.78 is 11.1. The summed E-state index contributed by atoms with van der Waals surface area (Å²) in [5.74, 6) is 3.35. The molecule has 7 nitrogen and oxygen atoms in total. The Kier molecular flexibility index (Phi) is 5.07. The van der Waals surface area contributed by atoms with Crippen LogP contribution in [0.4, 0.5) is 5.82 Å². The molecule has 1 amide bonds. The van der Waals surface area contributed by atoms with Crippen molar-refractivity contribution in [3.63, 3.8) is 0 Å². The van der Waals surface area contributed by atoms with Crippen molar-refractivity contribution in [2.75, 3.05) is 24.5 Å². The van der Waals surface area contributed by atoms with Gasteiger partial charge in [-0.15, -0.1) is 0 Å². The Morgan fingerprint density at radius 1 is 1.32 bits per heavy atom. The number of fused-ring (bicyclic) bond motifs is 1. The molecule has 1 aliphatic heterocycles. The van der Waals surface area contributed by atoms with Crippen LogP contribution in [0.2, 0.25) is 0 Å². The smallest absolute Gasteiger partial charge is 0.231 e. The highest BCUT2D eigenvalue weighted by molar-refractivity contribution is 5.90. The number of nitrogens with zero attached hydrogens (tertiary/aromatic N) is 3. The summed E-state index contributed by atoms with van der Waals surface area (Å²) in [7, 11) is 0. The molecule has 3 aromatic heterocycles. The van der Waals surface area contributed by atoms with Gasteiger partial charge in [0.15, 0.2) is 0 Å². The fourth-order valence-corrected chi connectivity index (χ4v) is 3.85. The van der Waals surface area contributed by atoms with Crippen LogP contribution in [0.1, 0.15) is 35.7 Å². The van der Waals surface area contributed by atoms with Crippen molar-refractivity contribution in [2.45, 2.75) is 40.0 Å². The number of amides is 1. The third kappa shape index (κ3) is 3.61. The highest BCUT2D eigenvalue weighted by Gasteiger charge is 2.29. The molecule has 7 heteroatoms. The van der Waals surface area contributed by atoms with Crippen LogP contribution < -0.4 is 10.2 Å². The molecule has 1 N–H and O–H groups in total. The van der Waals surface area contributed by atoms with Crippen LogP contribution in [0.15, 0.2) is 27.2 Å². The van der Waals surface area contributed by atoms with E-state index < -0.39 is 0 Å². The third-order valence-corrected chi connectivity index (χ3v) is 5.46. The highest BCUT2D eigenvalue weighted by Crippen LogP contribution is 2.33. The van der Waals surface area contributed by atoms with E-state index >= 15 is 0 Å². The van der Waals surface area contributed by atoms with Gasteiger partial charge in [-0.1, -0.05) is 0 Å². The van der Waals surface area contributed by atoms with Gasteiger partial charge in [0, 0.05) is 31.6 Å². The van der Waals surface area contributed by atoms with Gasteiger partial charge in [-0.2, -0.15) is 4.98 Å². The van der Waals surface area contributed by atoms with E-state index in [0.717, 1.165) is 47.7 Å². The predicted molar refractivity (Wildman–Crippen MR) is 106 cm³/mol. The number of furan rings is 2. The fourth-order valence-electron chi connectivity index (χ4n) is 3.85. The van der Waals surface area contributed by atoms with Gasteiger partial charge in [0.1, 0.15) is 23.2 Å². The number of aryl methyl sites for hydroxylation is 3. The standard InChI is InChI=1S/C21H26N4O3/c1-13-14(2)28-21-18(13)19(23-15(3)24-21)25-10-4-6-16(12-25)20(26)22-9-8-17-7-5-11-27-17/h5,7,11,16H,4,6,8-10,12H2,1-3H3,(H,22,26). The fraction of sp³-hybridized carbons (Fsp3) is 0.476. The average molecular weight is 382 g/mol. The molecule has 1 fully saturated rings. The molecule has 1 saturated heterocycles. The average Bonchev–Trinajstić information content (AvgIpc) is 3.29. The van der Waals surface area contributed by atoms with E-state index in [0.29, 0.717) is 31.0 Å².